The van der Waals surface area contributed by atoms with Gasteiger partial charge in [-0.3, -0.25) is 9.79 Å². The molecule has 1 fully saturated rings. The van der Waals surface area contributed by atoms with Gasteiger partial charge >= 0.3 is 0 Å². The SMILES string of the molecule is CCNC(=NCCN1CCCCC1)NCCNC(=O)C(C)C. The Kier molecular flexibility index (Phi) is 9.62. The third-order valence-electron chi connectivity index (χ3n) is 3.72. The Labute approximate surface area is 135 Å². The second-order valence-electron chi connectivity index (χ2n) is 6.04. The Morgan fingerprint density at radius 3 is 2.41 bits per heavy atom. The van der Waals surface area contributed by atoms with Gasteiger partial charge in [0.05, 0.1) is 6.54 Å². The zero-order chi connectivity index (χ0) is 16.2. The van der Waals surface area contributed by atoms with Crippen LogP contribution in [-0.4, -0.2) is 62.6 Å². The smallest absolute Gasteiger partial charge is 0.222 e. The number of rotatable bonds is 8. The lowest BCUT2D eigenvalue weighted by Crippen LogP contribution is -2.42. The number of carbonyl (C=O) groups excluding carboxylic acids is 1. The molecule has 1 aliphatic heterocycles. The molecule has 0 bridgehead atoms. The summed E-state index contributed by atoms with van der Waals surface area (Å²) in [4.78, 5) is 18.6. The number of carbonyl (C=O) groups is 1. The number of likely N-dealkylation sites (tertiary alicyclic amines) is 1. The van der Waals surface area contributed by atoms with E-state index < -0.39 is 0 Å². The molecular weight excluding hydrogens is 278 g/mol. The maximum atomic E-state index is 11.5. The van der Waals surface area contributed by atoms with Crippen LogP contribution < -0.4 is 16.0 Å². The molecule has 1 rings (SSSR count). The molecule has 0 saturated carbocycles. The van der Waals surface area contributed by atoms with E-state index in [2.05, 4.69) is 32.8 Å². The molecule has 6 heteroatoms. The molecule has 0 aromatic rings. The van der Waals surface area contributed by atoms with Gasteiger partial charge in [-0.15, -0.1) is 0 Å². The highest BCUT2D eigenvalue weighted by molar-refractivity contribution is 5.80. The lowest BCUT2D eigenvalue weighted by Gasteiger charge is -2.25. The predicted molar refractivity (Wildman–Crippen MR) is 92.1 cm³/mol. The minimum Gasteiger partial charge on any atom is -0.357 e. The van der Waals surface area contributed by atoms with Crippen molar-refractivity contribution in [3.05, 3.63) is 0 Å². The summed E-state index contributed by atoms with van der Waals surface area (Å²) in [7, 11) is 0. The van der Waals surface area contributed by atoms with E-state index in [9.17, 15) is 4.79 Å². The number of amides is 1. The van der Waals surface area contributed by atoms with E-state index in [-0.39, 0.29) is 11.8 Å². The first-order chi connectivity index (χ1) is 10.6. The molecule has 0 aromatic carbocycles. The molecule has 1 amide bonds. The number of hydrogen-bond acceptors (Lipinski definition) is 3. The number of piperidine rings is 1. The summed E-state index contributed by atoms with van der Waals surface area (Å²) >= 11 is 0. The van der Waals surface area contributed by atoms with Crippen molar-refractivity contribution in [1.82, 2.24) is 20.9 Å². The highest BCUT2D eigenvalue weighted by atomic mass is 16.1. The van der Waals surface area contributed by atoms with Gasteiger partial charge < -0.3 is 20.9 Å². The standard InChI is InChI=1S/C16H33N5O/c1-4-17-16(19-9-8-18-15(22)14(2)3)20-10-13-21-11-6-5-7-12-21/h14H,4-13H2,1-3H3,(H,18,22)(H2,17,19,20). The predicted octanol–water partition coefficient (Wildman–Crippen LogP) is 0.800. The third-order valence-corrected chi connectivity index (χ3v) is 3.72. The largest absolute Gasteiger partial charge is 0.357 e. The minimum absolute atomic E-state index is 0.0337. The van der Waals surface area contributed by atoms with Gasteiger partial charge in [0, 0.05) is 32.1 Å². The number of hydrogen-bond donors (Lipinski definition) is 3. The van der Waals surface area contributed by atoms with E-state index in [1.54, 1.807) is 0 Å². The van der Waals surface area contributed by atoms with Gasteiger partial charge in [-0.05, 0) is 32.9 Å². The molecule has 22 heavy (non-hydrogen) atoms. The number of aliphatic imine (C=N–C) groups is 1. The fourth-order valence-corrected chi connectivity index (χ4v) is 2.40. The Morgan fingerprint density at radius 2 is 1.77 bits per heavy atom. The molecule has 0 spiro atoms. The zero-order valence-corrected chi connectivity index (χ0v) is 14.5. The van der Waals surface area contributed by atoms with Crippen LogP contribution in [0.15, 0.2) is 4.99 Å². The van der Waals surface area contributed by atoms with Gasteiger partial charge in [0.25, 0.3) is 0 Å². The zero-order valence-electron chi connectivity index (χ0n) is 14.5. The first-order valence-corrected chi connectivity index (χ1v) is 8.65. The molecule has 0 unspecified atom stereocenters. The lowest BCUT2D eigenvalue weighted by atomic mass is 10.1. The summed E-state index contributed by atoms with van der Waals surface area (Å²) in [6.45, 7) is 12.3. The monoisotopic (exact) mass is 311 g/mol. The van der Waals surface area contributed by atoms with Crippen LogP contribution >= 0.6 is 0 Å². The molecule has 1 heterocycles. The second-order valence-corrected chi connectivity index (χ2v) is 6.04. The van der Waals surface area contributed by atoms with Crippen molar-refractivity contribution in [2.24, 2.45) is 10.9 Å². The Morgan fingerprint density at radius 1 is 1.09 bits per heavy atom. The number of guanidine groups is 1. The summed E-state index contributed by atoms with van der Waals surface area (Å²) in [6, 6.07) is 0. The average Bonchev–Trinajstić information content (AvgIpc) is 2.52. The quantitative estimate of drug-likeness (QED) is 0.352. The molecular formula is C16H33N5O. The van der Waals surface area contributed by atoms with Crippen LogP contribution in [0.5, 0.6) is 0 Å². The Hall–Kier alpha value is -1.30. The van der Waals surface area contributed by atoms with Crippen LogP contribution in [0.1, 0.15) is 40.0 Å². The molecule has 0 aliphatic carbocycles. The molecule has 0 atom stereocenters. The maximum Gasteiger partial charge on any atom is 0.222 e. The molecule has 128 valence electrons. The van der Waals surface area contributed by atoms with Crippen LogP contribution in [0.25, 0.3) is 0 Å². The van der Waals surface area contributed by atoms with Crippen LogP contribution in [0.2, 0.25) is 0 Å². The van der Waals surface area contributed by atoms with Gasteiger partial charge in [-0.1, -0.05) is 20.3 Å². The molecule has 1 aliphatic rings. The fourth-order valence-electron chi connectivity index (χ4n) is 2.40. The third kappa shape index (κ3) is 8.22. The average molecular weight is 311 g/mol. The number of nitrogens with one attached hydrogen (secondary N) is 3. The molecule has 0 aromatic heterocycles. The summed E-state index contributed by atoms with van der Waals surface area (Å²) < 4.78 is 0. The first-order valence-electron chi connectivity index (χ1n) is 8.65. The topological polar surface area (TPSA) is 68.8 Å². The van der Waals surface area contributed by atoms with Crippen LogP contribution in [0.4, 0.5) is 0 Å². The van der Waals surface area contributed by atoms with Gasteiger partial charge in [-0.25, -0.2) is 0 Å². The number of nitrogens with zero attached hydrogens (tertiary/aromatic N) is 2. The van der Waals surface area contributed by atoms with E-state index in [0.717, 1.165) is 25.6 Å². The van der Waals surface area contributed by atoms with Gasteiger partial charge in [0.2, 0.25) is 5.91 Å². The van der Waals surface area contributed by atoms with Gasteiger partial charge in [0.15, 0.2) is 5.96 Å². The van der Waals surface area contributed by atoms with Crippen LogP contribution in [0, 0.1) is 5.92 Å². The highest BCUT2D eigenvalue weighted by Crippen LogP contribution is 2.07. The Bertz CT molecular complexity index is 337. The van der Waals surface area contributed by atoms with Crippen LogP contribution in [0.3, 0.4) is 0 Å². The first kappa shape index (κ1) is 18.7. The summed E-state index contributed by atoms with van der Waals surface area (Å²) in [5.41, 5.74) is 0. The normalized spacial score (nSPS) is 16.6. The van der Waals surface area contributed by atoms with Crippen molar-refractivity contribution >= 4 is 11.9 Å². The fraction of sp³-hybridized carbons (Fsp3) is 0.875. The van der Waals surface area contributed by atoms with Crippen molar-refractivity contribution in [3.8, 4) is 0 Å². The van der Waals surface area contributed by atoms with E-state index in [0.29, 0.717) is 13.1 Å². The van der Waals surface area contributed by atoms with Crippen LogP contribution in [-0.2, 0) is 4.79 Å². The molecule has 1 saturated heterocycles. The van der Waals surface area contributed by atoms with Crippen molar-refractivity contribution < 1.29 is 4.79 Å². The highest BCUT2D eigenvalue weighted by Gasteiger charge is 2.09. The van der Waals surface area contributed by atoms with E-state index in [1.165, 1.54) is 32.4 Å². The van der Waals surface area contributed by atoms with Crippen molar-refractivity contribution in [1.29, 1.82) is 0 Å². The minimum atomic E-state index is 0.0337. The van der Waals surface area contributed by atoms with Crippen molar-refractivity contribution in [3.63, 3.8) is 0 Å². The van der Waals surface area contributed by atoms with Gasteiger partial charge in [0.1, 0.15) is 0 Å². The van der Waals surface area contributed by atoms with E-state index in [1.807, 2.05) is 13.8 Å². The second kappa shape index (κ2) is 11.3. The molecule has 3 N–H and O–H groups in total. The summed E-state index contributed by atoms with van der Waals surface area (Å²) in [5.74, 6) is 0.957. The van der Waals surface area contributed by atoms with E-state index in [4.69, 9.17) is 0 Å². The summed E-state index contributed by atoms with van der Waals surface area (Å²) in [6.07, 6.45) is 4.00. The Balaban J connectivity index is 2.21. The molecule has 0 radical (unpaired) electrons. The summed E-state index contributed by atoms with van der Waals surface area (Å²) in [5, 5.41) is 9.39. The lowest BCUT2D eigenvalue weighted by molar-refractivity contribution is -0.123. The van der Waals surface area contributed by atoms with Crippen molar-refractivity contribution in [2.45, 2.75) is 40.0 Å². The van der Waals surface area contributed by atoms with Gasteiger partial charge in [-0.2, -0.15) is 0 Å². The molecule has 6 nitrogen and oxygen atoms in total. The van der Waals surface area contributed by atoms with E-state index >= 15 is 0 Å². The van der Waals surface area contributed by atoms with Crippen molar-refractivity contribution in [2.75, 3.05) is 45.8 Å². The maximum absolute atomic E-state index is 11.5.